The molecule has 0 aliphatic heterocycles. The van der Waals surface area contributed by atoms with Gasteiger partial charge in [0.25, 0.3) is 0 Å². The Morgan fingerprint density at radius 2 is 2.05 bits per heavy atom. The molecule has 0 bridgehead atoms. The molecule has 0 aliphatic carbocycles. The molecule has 5 heteroatoms. The van der Waals surface area contributed by atoms with Crippen LogP contribution >= 0.6 is 0 Å². The summed E-state index contributed by atoms with van der Waals surface area (Å²) in [6, 6.07) is 7.70. The number of nitrogens with zero attached hydrogens (tertiary/aromatic N) is 2. The monoisotopic (exact) mass is 273 g/mol. The van der Waals surface area contributed by atoms with Crippen molar-refractivity contribution in [1.29, 1.82) is 0 Å². The molecule has 0 radical (unpaired) electrons. The molecular formula is C15H19N3O2. The number of hydrogen-bond donors (Lipinski definition) is 1. The van der Waals surface area contributed by atoms with Gasteiger partial charge in [-0.2, -0.15) is 0 Å². The molecule has 0 aliphatic rings. The average molecular weight is 273 g/mol. The molecule has 5 nitrogen and oxygen atoms in total. The summed E-state index contributed by atoms with van der Waals surface area (Å²) in [5.41, 5.74) is 7.77. The molecule has 0 spiro atoms. The maximum absolute atomic E-state index is 5.90. The minimum atomic E-state index is 0.188. The van der Waals surface area contributed by atoms with E-state index in [4.69, 9.17) is 15.2 Å². The molecule has 0 fully saturated rings. The predicted octanol–water partition coefficient (Wildman–Crippen LogP) is 3.12. The van der Waals surface area contributed by atoms with Crippen molar-refractivity contribution in [3.8, 4) is 11.6 Å². The van der Waals surface area contributed by atoms with Crippen LogP contribution in [0.25, 0.3) is 0 Å². The van der Waals surface area contributed by atoms with E-state index in [9.17, 15) is 0 Å². The molecule has 0 saturated heterocycles. The van der Waals surface area contributed by atoms with E-state index in [1.807, 2.05) is 38.1 Å². The molecule has 0 unspecified atom stereocenters. The Kier molecular flexibility index (Phi) is 4.53. The van der Waals surface area contributed by atoms with Crippen LogP contribution in [-0.2, 0) is 11.3 Å². The summed E-state index contributed by atoms with van der Waals surface area (Å²) < 4.78 is 11.0. The van der Waals surface area contributed by atoms with Gasteiger partial charge in [0.1, 0.15) is 17.9 Å². The van der Waals surface area contributed by atoms with Gasteiger partial charge in [-0.25, -0.2) is 9.97 Å². The largest absolute Gasteiger partial charge is 0.439 e. The number of anilines is 1. The lowest BCUT2D eigenvalue weighted by Crippen LogP contribution is -2.04. The lowest BCUT2D eigenvalue weighted by atomic mass is 10.1. The number of nitrogen functional groups attached to an aromatic ring is 1. The van der Waals surface area contributed by atoms with E-state index in [0.717, 1.165) is 11.1 Å². The Hall–Kier alpha value is -2.14. The average Bonchev–Trinajstić information content (AvgIpc) is 2.39. The zero-order valence-corrected chi connectivity index (χ0v) is 12.0. The highest BCUT2D eigenvalue weighted by atomic mass is 16.5. The topological polar surface area (TPSA) is 70.3 Å². The summed E-state index contributed by atoms with van der Waals surface area (Å²) in [7, 11) is 1.66. The SMILES string of the molecule is COCc1cccc(Oc2ncnc(N)c2C(C)C)c1. The van der Waals surface area contributed by atoms with Gasteiger partial charge in [0.2, 0.25) is 5.88 Å². The third-order valence-electron chi connectivity index (χ3n) is 2.88. The third-order valence-corrected chi connectivity index (χ3v) is 2.88. The first-order valence-electron chi connectivity index (χ1n) is 6.48. The van der Waals surface area contributed by atoms with Crippen molar-refractivity contribution >= 4 is 5.82 Å². The van der Waals surface area contributed by atoms with E-state index in [1.165, 1.54) is 6.33 Å². The van der Waals surface area contributed by atoms with Crippen molar-refractivity contribution < 1.29 is 9.47 Å². The maximum atomic E-state index is 5.90. The minimum absolute atomic E-state index is 0.188. The Morgan fingerprint density at radius 3 is 2.75 bits per heavy atom. The number of nitrogens with two attached hydrogens (primary N) is 1. The van der Waals surface area contributed by atoms with Crippen LogP contribution < -0.4 is 10.5 Å². The molecule has 106 valence electrons. The summed E-state index contributed by atoms with van der Waals surface area (Å²) in [4.78, 5) is 8.20. The molecule has 0 amide bonds. The van der Waals surface area contributed by atoms with E-state index in [-0.39, 0.29) is 5.92 Å². The van der Waals surface area contributed by atoms with Crippen LogP contribution in [0.5, 0.6) is 11.6 Å². The fourth-order valence-corrected chi connectivity index (χ4v) is 1.99. The first-order valence-corrected chi connectivity index (χ1v) is 6.48. The van der Waals surface area contributed by atoms with Gasteiger partial charge in [0.05, 0.1) is 12.2 Å². The Labute approximate surface area is 118 Å². The summed E-state index contributed by atoms with van der Waals surface area (Å²) in [5.74, 6) is 1.85. The van der Waals surface area contributed by atoms with E-state index in [1.54, 1.807) is 7.11 Å². The van der Waals surface area contributed by atoms with Crippen molar-refractivity contribution in [2.24, 2.45) is 0 Å². The van der Waals surface area contributed by atoms with Gasteiger partial charge in [0.15, 0.2) is 0 Å². The van der Waals surface area contributed by atoms with Gasteiger partial charge in [-0.1, -0.05) is 26.0 Å². The summed E-state index contributed by atoms with van der Waals surface area (Å²) in [6.07, 6.45) is 1.41. The second kappa shape index (κ2) is 6.34. The maximum Gasteiger partial charge on any atom is 0.227 e. The van der Waals surface area contributed by atoms with Crippen LogP contribution in [0.2, 0.25) is 0 Å². The van der Waals surface area contributed by atoms with Crippen LogP contribution in [0.3, 0.4) is 0 Å². The molecule has 0 atom stereocenters. The highest BCUT2D eigenvalue weighted by Crippen LogP contribution is 2.31. The smallest absolute Gasteiger partial charge is 0.227 e. The van der Waals surface area contributed by atoms with Gasteiger partial charge in [-0.15, -0.1) is 0 Å². The number of ether oxygens (including phenoxy) is 2. The highest BCUT2D eigenvalue weighted by molar-refractivity contribution is 5.48. The lowest BCUT2D eigenvalue weighted by Gasteiger charge is -2.14. The third kappa shape index (κ3) is 3.24. The van der Waals surface area contributed by atoms with Gasteiger partial charge < -0.3 is 15.2 Å². The van der Waals surface area contributed by atoms with Crippen LogP contribution in [-0.4, -0.2) is 17.1 Å². The molecule has 2 N–H and O–H groups in total. The highest BCUT2D eigenvalue weighted by Gasteiger charge is 2.15. The second-order valence-corrected chi connectivity index (χ2v) is 4.81. The number of methoxy groups -OCH3 is 1. The number of hydrogen-bond acceptors (Lipinski definition) is 5. The van der Waals surface area contributed by atoms with Crippen molar-refractivity contribution in [2.75, 3.05) is 12.8 Å². The van der Waals surface area contributed by atoms with E-state index >= 15 is 0 Å². The number of benzene rings is 1. The van der Waals surface area contributed by atoms with E-state index in [0.29, 0.717) is 24.1 Å². The summed E-state index contributed by atoms with van der Waals surface area (Å²) >= 11 is 0. The Bertz CT molecular complexity index is 585. The first-order chi connectivity index (χ1) is 9.61. The minimum Gasteiger partial charge on any atom is -0.439 e. The molecule has 2 aromatic rings. The summed E-state index contributed by atoms with van der Waals surface area (Å²) in [5, 5.41) is 0. The zero-order chi connectivity index (χ0) is 14.5. The normalized spacial score (nSPS) is 10.8. The van der Waals surface area contributed by atoms with Crippen molar-refractivity contribution in [3.05, 3.63) is 41.7 Å². The van der Waals surface area contributed by atoms with Gasteiger partial charge in [-0.3, -0.25) is 0 Å². The lowest BCUT2D eigenvalue weighted by molar-refractivity contribution is 0.184. The molecule has 0 saturated carbocycles. The quantitative estimate of drug-likeness (QED) is 0.906. The van der Waals surface area contributed by atoms with Gasteiger partial charge in [0, 0.05) is 7.11 Å². The fourth-order valence-electron chi connectivity index (χ4n) is 1.99. The fraction of sp³-hybridized carbons (Fsp3) is 0.333. The molecule has 1 aromatic heterocycles. The second-order valence-electron chi connectivity index (χ2n) is 4.81. The molecule has 2 rings (SSSR count). The molecule has 20 heavy (non-hydrogen) atoms. The Morgan fingerprint density at radius 1 is 1.25 bits per heavy atom. The van der Waals surface area contributed by atoms with E-state index in [2.05, 4.69) is 9.97 Å². The van der Waals surface area contributed by atoms with Crippen LogP contribution in [0.1, 0.15) is 30.9 Å². The van der Waals surface area contributed by atoms with Crippen molar-refractivity contribution in [3.63, 3.8) is 0 Å². The van der Waals surface area contributed by atoms with Crippen LogP contribution in [0.15, 0.2) is 30.6 Å². The molecule has 1 heterocycles. The van der Waals surface area contributed by atoms with E-state index < -0.39 is 0 Å². The zero-order valence-electron chi connectivity index (χ0n) is 12.0. The molecule has 1 aromatic carbocycles. The molecular weight excluding hydrogens is 254 g/mol. The first kappa shape index (κ1) is 14.3. The Balaban J connectivity index is 2.30. The van der Waals surface area contributed by atoms with Gasteiger partial charge >= 0.3 is 0 Å². The van der Waals surface area contributed by atoms with Gasteiger partial charge in [-0.05, 0) is 23.6 Å². The van der Waals surface area contributed by atoms with Crippen molar-refractivity contribution in [1.82, 2.24) is 9.97 Å². The predicted molar refractivity (Wildman–Crippen MR) is 77.8 cm³/mol. The van der Waals surface area contributed by atoms with Crippen LogP contribution in [0.4, 0.5) is 5.82 Å². The standard InChI is InChI=1S/C15H19N3O2/c1-10(2)13-14(16)17-9-18-15(13)20-12-6-4-5-11(7-12)8-19-3/h4-7,9-10H,8H2,1-3H3,(H2,16,17,18). The van der Waals surface area contributed by atoms with Crippen LogP contribution in [0, 0.1) is 0 Å². The number of rotatable bonds is 5. The summed E-state index contributed by atoms with van der Waals surface area (Å²) in [6.45, 7) is 4.60. The number of aromatic nitrogens is 2. The van der Waals surface area contributed by atoms with Crippen molar-refractivity contribution in [2.45, 2.75) is 26.4 Å².